The zero-order chi connectivity index (χ0) is 14.9. The summed E-state index contributed by atoms with van der Waals surface area (Å²) in [6, 6.07) is 0. The van der Waals surface area contributed by atoms with E-state index in [1.807, 2.05) is 11.3 Å². The maximum Gasteiger partial charge on any atom is 0.150 e. The van der Waals surface area contributed by atoms with Gasteiger partial charge in [-0.15, -0.1) is 11.3 Å². The molecule has 0 radical (unpaired) electrons. The summed E-state index contributed by atoms with van der Waals surface area (Å²) in [6.45, 7) is 5.97. The van der Waals surface area contributed by atoms with E-state index >= 15 is 0 Å². The first-order chi connectivity index (χ1) is 10.9. The van der Waals surface area contributed by atoms with E-state index < -0.39 is 0 Å². The Labute approximate surface area is 135 Å². The number of aromatic nitrogens is 2. The summed E-state index contributed by atoms with van der Waals surface area (Å²) in [4.78, 5) is 15.6. The summed E-state index contributed by atoms with van der Waals surface area (Å²) < 4.78 is 1.31. The van der Waals surface area contributed by atoms with Crippen molar-refractivity contribution in [2.45, 2.75) is 25.7 Å². The monoisotopic (exact) mass is 317 g/mol. The van der Waals surface area contributed by atoms with Crippen molar-refractivity contribution in [1.29, 1.82) is 0 Å². The average Bonchev–Trinajstić information content (AvgIpc) is 2.95. The number of piperazine rings is 1. The topological polar surface area (TPSA) is 58.3 Å². The average molecular weight is 317 g/mol. The number of fused-ring (bicyclic) bond motifs is 3. The number of rotatable bonds is 3. The summed E-state index contributed by atoms with van der Waals surface area (Å²) in [5.41, 5.74) is 8.37. The minimum Gasteiger partial charge on any atom is -0.353 e. The molecule has 2 aromatic rings. The first kappa shape index (κ1) is 14.4. The maximum atomic E-state index is 5.66. The van der Waals surface area contributed by atoms with Crippen molar-refractivity contribution in [2.24, 2.45) is 5.73 Å². The normalized spacial score (nSPS) is 19.6. The third-order valence-corrected chi connectivity index (χ3v) is 6.11. The van der Waals surface area contributed by atoms with Crippen LogP contribution in [0, 0.1) is 0 Å². The summed E-state index contributed by atoms with van der Waals surface area (Å²) >= 11 is 1.93. The van der Waals surface area contributed by atoms with Crippen LogP contribution in [0.15, 0.2) is 6.33 Å². The van der Waals surface area contributed by atoms with Gasteiger partial charge in [-0.05, 0) is 31.2 Å². The standard InChI is InChI=1S/C16H23N5S/c17-5-6-20-7-9-21(10-8-20)16-15-14(18-11-19-16)12-3-1-2-4-13(12)22-15/h11H,1-10,17H2. The lowest BCUT2D eigenvalue weighted by Crippen LogP contribution is -2.48. The van der Waals surface area contributed by atoms with Gasteiger partial charge in [0.25, 0.3) is 0 Å². The molecule has 6 heteroatoms. The minimum absolute atomic E-state index is 0.745. The molecular weight excluding hydrogens is 294 g/mol. The quantitative estimate of drug-likeness (QED) is 0.933. The number of nitrogens with two attached hydrogens (primary N) is 1. The highest BCUT2D eigenvalue weighted by atomic mass is 32.1. The predicted molar refractivity (Wildman–Crippen MR) is 91.8 cm³/mol. The Kier molecular flexibility index (Phi) is 3.98. The molecule has 1 aliphatic carbocycles. The summed E-state index contributed by atoms with van der Waals surface area (Å²) in [6.07, 6.45) is 6.79. The molecule has 0 bridgehead atoms. The van der Waals surface area contributed by atoms with Crippen LogP contribution in [0.4, 0.5) is 5.82 Å². The van der Waals surface area contributed by atoms with Gasteiger partial charge in [-0.3, -0.25) is 4.90 Å². The van der Waals surface area contributed by atoms with E-state index in [0.29, 0.717) is 0 Å². The molecule has 0 saturated carbocycles. The van der Waals surface area contributed by atoms with Crippen molar-refractivity contribution in [1.82, 2.24) is 14.9 Å². The van der Waals surface area contributed by atoms with Crippen molar-refractivity contribution in [3.05, 3.63) is 16.8 Å². The molecule has 5 nitrogen and oxygen atoms in total. The van der Waals surface area contributed by atoms with Gasteiger partial charge in [0.15, 0.2) is 0 Å². The predicted octanol–water partition coefficient (Wildman–Crippen LogP) is 1.65. The molecule has 118 valence electrons. The van der Waals surface area contributed by atoms with E-state index in [4.69, 9.17) is 5.73 Å². The number of aryl methyl sites for hydroxylation is 2. The Hall–Kier alpha value is -1.24. The van der Waals surface area contributed by atoms with Crippen LogP contribution < -0.4 is 10.6 Å². The van der Waals surface area contributed by atoms with E-state index in [0.717, 1.165) is 45.1 Å². The van der Waals surface area contributed by atoms with Crippen molar-refractivity contribution < 1.29 is 0 Å². The zero-order valence-electron chi connectivity index (χ0n) is 12.9. The van der Waals surface area contributed by atoms with Gasteiger partial charge in [-0.1, -0.05) is 0 Å². The summed E-state index contributed by atoms with van der Waals surface area (Å²) in [5, 5.41) is 0. The second kappa shape index (κ2) is 6.10. The third-order valence-electron chi connectivity index (χ3n) is 4.83. The Morgan fingerprint density at radius 2 is 1.91 bits per heavy atom. The Morgan fingerprint density at radius 3 is 2.73 bits per heavy atom. The molecule has 0 unspecified atom stereocenters. The number of nitrogens with zero attached hydrogens (tertiary/aromatic N) is 4. The molecular formula is C16H23N5S. The van der Waals surface area contributed by atoms with E-state index in [1.165, 1.54) is 41.5 Å². The van der Waals surface area contributed by atoms with E-state index in [-0.39, 0.29) is 0 Å². The number of hydrogen-bond acceptors (Lipinski definition) is 6. The molecule has 2 aromatic heterocycles. The van der Waals surface area contributed by atoms with Gasteiger partial charge >= 0.3 is 0 Å². The summed E-state index contributed by atoms with van der Waals surface area (Å²) in [5.74, 6) is 1.15. The van der Waals surface area contributed by atoms with Crippen LogP contribution >= 0.6 is 11.3 Å². The zero-order valence-corrected chi connectivity index (χ0v) is 13.7. The molecule has 22 heavy (non-hydrogen) atoms. The van der Waals surface area contributed by atoms with Crippen LogP contribution in [-0.2, 0) is 12.8 Å². The highest BCUT2D eigenvalue weighted by Gasteiger charge is 2.23. The van der Waals surface area contributed by atoms with Gasteiger partial charge in [0.05, 0.1) is 10.2 Å². The highest BCUT2D eigenvalue weighted by Crippen LogP contribution is 2.39. The lowest BCUT2D eigenvalue weighted by atomic mass is 9.98. The molecule has 0 atom stereocenters. The maximum absolute atomic E-state index is 5.66. The van der Waals surface area contributed by atoms with Crippen molar-refractivity contribution in [3.8, 4) is 0 Å². The first-order valence-electron chi connectivity index (χ1n) is 8.29. The highest BCUT2D eigenvalue weighted by molar-refractivity contribution is 7.19. The van der Waals surface area contributed by atoms with Crippen LogP contribution in [0.25, 0.3) is 10.2 Å². The van der Waals surface area contributed by atoms with Crippen molar-refractivity contribution in [2.75, 3.05) is 44.2 Å². The molecule has 0 aromatic carbocycles. The fraction of sp³-hybridized carbons (Fsp3) is 0.625. The molecule has 2 N–H and O–H groups in total. The van der Waals surface area contributed by atoms with Gasteiger partial charge in [-0.2, -0.15) is 0 Å². The van der Waals surface area contributed by atoms with Crippen molar-refractivity contribution >= 4 is 27.4 Å². The fourth-order valence-electron chi connectivity index (χ4n) is 3.63. The van der Waals surface area contributed by atoms with Gasteiger partial charge in [0.2, 0.25) is 0 Å². The molecule has 3 heterocycles. The largest absolute Gasteiger partial charge is 0.353 e. The third kappa shape index (κ3) is 2.49. The second-order valence-corrected chi connectivity index (χ2v) is 7.31. The number of anilines is 1. The van der Waals surface area contributed by atoms with Crippen molar-refractivity contribution in [3.63, 3.8) is 0 Å². The Balaban J connectivity index is 1.64. The molecule has 0 amide bonds. The smallest absolute Gasteiger partial charge is 0.150 e. The molecule has 2 aliphatic rings. The molecule has 4 rings (SSSR count). The molecule has 1 fully saturated rings. The van der Waals surface area contributed by atoms with E-state index in [2.05, 4.69) is 19.8 Å². The van der Waals surface area contributed by atoms with Crippen LogP contribution in [0.2, 0.25) is 0 Å². The van der Waals surface area contributed by atoms with Gasteiger partial charge < -0.3 is 10.6 Å². The minimum atomic E-state index is 0.745. The SMILES string of the molecule is NCCN1CCN(c2ncnc3c4c(sc23)CCCC4)CC1. The first-order valence-corrected chi connectivity index (χ1v) is 9.11. The summed E-state index contributed by atoms with van der Waals surface area (Å²) in [7, 11) is 0. The van der Waals surface area contributed by atoms with E-state index in [9.17, 15) is 0 Å². The van der Waals surface area contributed by atoms with Gasteiger partial charge in [0.1, 0.15) is 12.1 Å². The molecule has 1 saturated heterocycles. The second-order valence-electron chi connectivity index (χ2n) is 6.20. The van der Waals surface area contributed by atoms with Crippen LogP contribution in [0.3, 0.4) is 0 Å². The molecule has 1 aliphatic heterocycles. The lowest BCUT2D eigenvalue weighted by molar-refractivity contribution is 0.264. The van der Waals surface area contributed by atoms with Gasteiger partial charge in [-0.25, -0.2) is 9.97 Å². The Bertz CT molecular complexity index is 660. The van der Waals surface area contributed by atoms with Crippen LogP contribution in [0.1, 0.15) is 23.3 Å². The number of hydrogen-bond donors (Lipinski definition) is 1. The molecule has 0 spiro atoms. The van der Waals surface area contributed by atoms with Crippen LogP contribution in [-0.4, -0.2) is 54.1 Å². The van der Waals surface area contributed by atoms with Gasteiger partial charge in [0, 0.05) is 44.1 Å². The number of thiophene rings is 1. The fourth-order valence-corrected chi connectivity index (χ4v) is 4.99. The Morgan fingerprint density at radius 1 is 1.09 bits per heavy atom. The van der Waals surface area contributed by atoms with E-state index in [1.54, 1.807) is 11.2 Å². The lowest BCUT2D eigenvalue weighted by Gasteiger charge is -2.35. The van der Waals surface area contributed by atoms with Crippen LogP contribution in [0.5, 0.6) is 0 Å².